The molecule has 2 unspecified atom stereocenters. The Labute approximate surface area is 168 Å². The first-order valence-corrected chi connectivity index (χ1v) is 9.30. The monoisotopic (exact) mass is 401 g/mol. The van der Waals surface area contributed by atoms with Crippen LogP contribution in [0.3, 0.4) is 0 Å². The topological polar surface area (TPSA) is 94.8 Å². The number of nitrogens with two attached hydrogens (primary N) is 1. The number of rotatable bonds is 5. The fourth-order valence-corrected chi connectivity index (χ4v) is 3.54. The Morgan fingerprint density at radius 2 is 2.10 bits per heavy atom. The molecule has 2 aliphatic heterocycles. The summed E-state index contributed by atoms with van der Waals surface area (Å²) in [7, 11) is 4.88. The van der Waals surface area contributed by atoms with Crippen molar-refractivity contribution in [3.63, 3.8) is 0 Å². The minimum Gasteiger partial charge on any atom is -0.497 e. The van der Waals surface area contributed by atoms with Crippen LogP contribution in [-0.4, -0.2) is 63.1 Å². The summed E-state index contributed by atoms with van der Waals surface area (Å²) in [4.78, 5) is 11.0. The maximum Gasteiger partial charge on any atom is 0.224 e. The molecule has 1 aromatic heterocycles. The van der Waals surface area contributed by atoms with Gasteiger partial charge in [-0.05, 0) is 17.7 Å². The predicted molar refractivity (Wildman–Crippen MR) is 109 cm³/mol. The van der Waals surface area contributed by atoms with Gasteiger partial charge < -0.3 is 30.2 Å². The van der Waals surface area contributed by atoms with Gasteiger partial charge in [-0.2, -0.15) is 4.98 Å². The molecule has 8 nitrogen and oxygen atoms in total. The lowest BCUT2D eigenvalue weighted by atomic mass is 9.98. The standard InChI is InChI=1S/C20H24FN5O3/c1-26-8-12(14-5-13(27-2)6-17(28-3)18(14)21)4-11-7-23-20(25-19(11)26)24-16-10-29-9-15(16)22/h4-7,15-16H,8-10,22H2,1-3H3,(H,23,24,25). The smallest absolute Gasteiger partial charge is 0.224 e. The first-order valence-electron chi connectivity index (χ1n) is 9.30. The van der Waals surface area contributed by atoms with Crippen LogP contribution in [0.5, 0.6) is 11.5 Å². The van der Waals surface area contributed by atoms with Crippen LogP contribution in [0, 0.1) is 5.82 Å². The Kier molecular flexibility index (Phi) is 5.25. The molecule has 2 aliphatic rings. The molecule has 9 heteroatoms. The number of aromatic nitrogens is 2. The molecule has 29 heavy (non-hydrogen) atoms. The minimum absolute atomic E-state index is 0.0219. The average molecular weight is 401 g/mol. The third-order valence-electron chi connectivity index (χ3n) is 5.15. The molecule has 1 fully saturated rings. The van der Waals surface area contributed by atoms with E-state index in [9.17, 15) is 4.39 Å². The van der Waals surface area contributed by atoms with Gasteiger partial charge in [0.1, 0.15) is 11.6 Å². The van der Waals surface area contributed by atoms with Gasteiger partial charge in [-0.15, -0.1) is 0 Å². The maximum absolute atomic E-state index is 14.9. The van der Waals surface area contributed by atoms with Gasteiger partial charge in [0, 0.05) is 37.0 Å². The number of nitrogens with zero attached hydrogens (tertiary/aromatic N) is 3. The molecule has 0 bridgehead atoms. The highest BCUT2D eigenvalue weighted by Gasteiger charge is 2.27. The third kappa shape index (κ3) is 3.70. The fourth-order valence-electron chi connectivity index (χ4n) is 3.54. The number of hydrogen-bond donors (Lipinski definition) is 2. The summed E-state index contributed by atoms with van der Waals surface area (Å²) < 4.78 is 30.7. The van der Waals surface area contributed by atoms with Crippen molar-refractivity contribution in [2.24, 2.45) is 5.73 Å². The third-order valence-corrected chi connectivity index (χ3v) is 5.15. The lowest BCUT2D eigenvalue weighted by Gasteiger charge is -2.27. The van der Waals surface area contributed by atoms with E-state index in [0.717, 1.165) is 17.0 Å². The van der Waals surface area contributed by atoms with E-state index in [-0.39, 0.29) is 17.8 Å². The number of ether oxygens (including phenoxy) is 3. The fraction of sp³-hybridized carbons (Fsp3) is 0.400. The van der Waals surface area contributed by atoms with Crippen molar-refractivity contribution in [2.45, 2.75) is 12.1 Å². The highest BCUT2D eigenvalue weighted by Crippen LogP contribution is 2.36. The molecular formula is C20H24FN5O3. The molecular weight excluding hydrogens is 377 g/mol. The summed E-state index contributed by atoms with van der Waals surface area (Å²) >= 11 is 0. The second-order valence-electron chi connectivity index (χ2n) is 7.14. The lowest BCUT2D eigenvalue weighted by Crippen LogP contribution is -2.39. The van der Waals surface area contributed by atoms with E-state index in [1.54, 1.807) is 12.3 Å². The highest BCUT2D eigenvalue weighted by molar-refractivity contribution is 5.90. The van der Waals surface area contributed by atoms with Crippen molar-refractivity contribution < 1.29 is 18.6 Å². The lowest BCUT2D eigenvalue weighted by molar-refractivity contribution is 0.192. The molecule has 1 saturated heterocycles. The van der Waals surface area contributed by atoms with Crippen molar-refractivity contribution in [1.29, 1.82) is 0 Å². The normalized spacial score (nSPS) is 20.9. The molecule has 4 rings (SSSR count). The molecule has 3 N–H and O–H groups in total. The molecule has 1 aromatic carbocycles. The van der Waals surface area contributed by atoms with Crippen LogP contribution >= 0.6 is 0 Å². The molecule has 2 aromatic rings. The largest absolute Gasteiger partial charge is 0.497 e. The molecule has 154 valence electrons. The van der Waals surface area contributed by atoms with Gasteiger partial charge in [-0.1, -0.05) is 0 Å². The minimum atomic E-state index is -0.425. The van der Waals surface area contributed by atoms with E-state index in [1.807, 2.05) is 18.0 Å². The molecule has 0 saturated carbocycles. The van der Waals surface area contributed by atoms with Crippen molar-refractivity contribution >= 4 is 23.4 Å². The van der Waals surface area contributed by atoms with E-state index in [1.165, 1.54) is 20.3 Å². The number of nitrogens with one attached hydrogen (secondary N) is 1. The van der Waals surface area contributed by atoms with Gasteiger partial charge in [0.2, 0.25) is 5.95 Å². The molecule has 2 atom stereocenters. The Hall–Kier alpha value is -2.91. The Balaban J connectivity index is 1.67. The quantitative estimate of drug-likeness (QED) is 0.783. The van der Waals surface area contributed by atoms with E-state index in [4.69, 9.17) is 19.9 Å². The summed E-state index contributed by atoms with van der Waals surface area (Å²) in [6, 6.07) is 3.08. The predicted octanol–water partition coefficient (Wildman–Crippen LogP) is 1.76. The number of methoxy groups -OCH3 is 2. The number of fused-ring (bicyclic) bond motifs is 1. The van der Waals surface area contributed by atoms with Gasteiger partial charge in [-0.3, -0.25) is 0 Å². The van der Waals surface area contributed by atoms with Gasteiger partial charge in [-0.25, -0.2) is 9.37 Å². The second-order valence-corrected chi connectivity index (χ2v) is 7.14. The van der Waals surface area contributed by atoms with Crippen LogP contribution < -0.4 is 25.4 Å². The SMILES string of the molecule is COc1cc(OC)c(F)c(C2=Cc3cnc(NC4COCC4N)nc3N(C)C2)c1. The van der Waals surface area contributed by atoms with Crippen molar-refractivity contribution in [3.05, 3.63) is 35.3 Å². The number of hydrogen-bond acceptors (Lipinski definition) is 8. The first kappa shape index (κ1) is 19.4. The summed E-state index contributed by atoms with van der Waals surface area (Å²) in [5.74, 6) is 1.49. The Morgan fingerprint density at radius 1 is 1.28 bits per heavy atom. The molecule has 0 aliphatic carbocycles. The Morgan fingerprint density at radius 3 is 2.79 bits per heavy atom. The van der Waals surface area contributed by atoms with Gasteiger partial charge in [0.15, 0.2) is 11.6 Å². The van der Waals surface area contributed by atoms with Crippen molar-refractivity contribution in [1.82, 2.24) is 9.97 Å². The second kappa shape index (κ2) is 7.84. The summed E-state index contributed by atoms with van der Waals surface area (Å²) in [5.41, 5.74) is 8.02. The molecule has 0 spiro atoms. The number of halogens is 1. The van der Waals surface area contributed by atoms with Gasteiger partial charge >= 0.3 is 0 Å². The average Bonchev–Trinajstić information content (AvgIpc) is 3.13. The zero-order valence-electron chi connectivity index (χ0n) is 16.6. The van der Waals surface area contributed by atoms with E-state index >= 15 is 0 Å². The zero-order valence-corrected chi connectivity index (χ0v) is 16.6. The summed E-state index contributed by atoms with van der Waals surface area (Å²) in [6.45, 7) is 1.52. The zero-order chi connectivity index (χ0) is 20.5. The van der Waals surface area contributed by atoms with Crippen LogP contribution in [0.25, 0.3) is 11.6 Å². The van der Waals surface area contributed by atoms with Gasteiger partial charge in [0.05, 0.1) is 39.5 Å². The Bertz CT molecular complexity index is 952. The molecule has 3 heterocycles. The number of anilines is 2. The van der Waals surface area contributed by atoms with Crippen LogP contribution in [0.2, 0.25) is 0 Å². The van der Waals surface area contributed by atoms with E-state index in [0.29, 0.717) is 37.0 Å². The van der Waals surface area contributed by atoms with E-state index in [2.05, 4.69) is 15.3 Å². The highest BCUT2D eigenvalue weighted by atomic mass is 19.1. The first-order chi connectivity index (χ1) is 14.0. The summed E-state index contributed by atoms with van der Waals surface area (Å²) in [5, 5.41) is 3.23. The van der Waals surface area contributed by atoms with Crippen LogP contribution in [0.1, 0.15) is 11.1 Å². The van der Waals surface area contributed by atoms with Crippen LogP contribution in [-0.2, 0) is 4.74 Å². The summed E-state index contributed by atoms with van der Waals surface area (Å²) in [6.07, 6.45) is 3.61. The maximum atomic E-state index is 14.9. The number of likely N-dealkylation sites (N-methyl/N-ethyl adjacent to an activating group) is 1. The van der Waals surface area contributed by atoms with Crippen molar-refractivity contribution in [2.75, 3.05) is 51.2 Å². The van der Waals surface area contributed by atoms with Crippen LogP contribution in [0.4, 0.5) is 16.2 Å². The van der Waals surface area contributed by atoms with Crippen molar-refractivity contribution in [3.8, 4) is 11.5 Å². The molecule has 0 amide bonds. The van der Waals surface area contributed by atoms with Gasteiger partial charge in [0.25, 0.3) is 0 Å². The number of benzene rings is 1. The van der Waals surface area contributed by atoms with Crippen LogP contribution in [0.15, 0.2) is 18.3 Å². The van der Waals surface area contributed by atoms with E-state index < -0.39 is 5.82 Å². The molecule has 0 radical (unpaired) electrons.